The second-order valence-corrected chi connectivity index (χ2v) is 4.52. The van der Waals surface area contributed by atoms with E-state index in [2.05, 4.69) is 10.4 Å². The van der Waals surface area contributed by atoms with Crippen molar-refractivity contribution in [1.29, 1.82) is 0 Å². The number of benzene rings is 1. The van der Waals surface area contributed by atoms with Crippen molar-refractivity contribution in [2.24, 2.45) is 0 Å². The second-order valence-electron chi connectivity index (χ2n) is 4.11. The van der Waals surface area contributed by atoms with Crippen LogP contribution in [0.5, 0.6) is 0 Å². The van der Waals surface area contributed by atoms with Crippen molar-refractivity contribution in [2.45, 2.75) is 13.0 Å². The van der Waals surface area contributed by atoms with E-state index in [9.17, 15) is 9.90 Å². The largest absolute Gasteiger partial charge is 0.389 e. The fourth-order valence-electron chi connectivity index (χ4n) is 1.68. The average molecular weight is 280 g/mol. The van der Waals surface area contributed by atoms with Gasteiger partial charge in [0.2, 0.25) is 0 Å². The van der Waals surface area contributed by atoms with Crippen molar-refractivity contribution in [3.63, 3.8) is 0 Å². The molecule has 0 spiro atoms. The Hall–Kier alpha value is -1.85. The molecule has 2 N–H and O–H groups in total. The van der Waals surface area contributed by atoms with Gasteiger partial charge in [0.15, 0.2) is 5.69 Å². The van der Waals surface area contributed by atoms with Gasteiger partial charge in [-0.05, 0) is 30.7 Å². The van der Waals surface area contributed by atoms with Crippen molar-refractivity contribution < 1.29 is 9.90 Å². The summed E-state index contributed by atoms with van der Waals surface area (Å²) in [5.41, 5.74) is 1.70. The molecule has 5 nitrogen and oxygen atoms in total. The van der Waals surface area contributed by atoms with E-state index in [1.807, 2.05) is 0 Å². The van der Waals surface area contributed by atoms with Gasteiger partial charge in [0.1, 0.15) is 0 Å². The van der Waals surface area contributed by atoms with Gasteiger partial charge >= 0.3 is 0 Å². The van der Waals surface area contributed by atoms with Crippen LogP contribution in [0.4, 0.5) is 0 Å². The van der Waals surface area contributed by atoms with Crippen LogP contribution in [-0.4, -0.2) is 27.8 Å². The molecule has 0 saturated carbocycles. The summed E-state index contributed by atoms with van der Waals surface area (Å²) >= 11 is 6.16. The third-order valence-corrected chi connectivity index (χ3v) is 3.05. The number of hydrogen-bond donors (Lipinski definition) is 2. The molecule has 0 unspecified atom stereocenters. The number of aliphatic hydroxyl groups is 1. The third-order valence-electron chi connectivity index (χ3n) is 2.75. The number of halogens is 1. The van der Waals surface area contributed by atoms with Gasteiger partial charge in [-0.1, -0.05) is 17.7 Å². The van der Waals surface area contributed by atoms with Crippen LogP contribution in [0.15, 0.2) is 30.5 Å². The number of carbonyl (C=O) groups is 1. The van der Waals surface area contributed by atoms with Gasteiger partial charge in [-0.2, -0.15) is 5.10 Å². The monoisotopic (exact) mass is 279 g/mol. The molecule has 0 bridgehead atoms. The van der Waals surface area contributed by atoms with E-state index in [1.54, 1.807) is 44.4 Å². The van der Waals surface area contributed by atoms with Crippen LogP contribution in [0.1, 0.15) is 29.1 Å². The number of nitrogens with one attached hydrogen (secondary N) is 1. The van der Waals surface area contributed by atoms with Crippen molar-refractivity contribution in [3.8, 4) is 5.69 Å². The summed E-state index contributed by atoms with van der Waals surface area (Å²) in [6.45, 7) is 1.67. The third kappa shape index (κ3) is 2.77. The van der Waals surface area contributed by atoms with Gasteiger partial charge < -0.3 is 10.4 Å². The van der Waals surface area contributed by atoms with E-state index < -0.39 is 6.10 Å². The van der Waals surface area contributed by atoms with E-state index in [-0.39, 0.29) is 5.91 Å². The van der Waals surface area contributed by atoms with Gasteiger partial charge in [0.25, 0.3) is 5.91 Å². The minimum absolute atomic E-state index is 0.254. The number of amides is 1. The first kappa shape index (κ1) is 13.6. The second kappa shape index (κ2) is 5.42. The molecule has 19 heavy (non-hydrogen) atoms. The molecule has 0 aliphatic heterocycles. The summed E-state index contributed by atoms with van der Waals surface area (Å²) in [4.78, 5) is 11.4. The first-order valence-corrected chi connectivity index (χ1v) is 6.16. The van der Waals surface area contributed by atoms with Gasteiger partial charge in [-0.15, -0.1) is 0 Å². The van der Waals surface area contributed by atoms with Crippen LogP contribution < -0.4 is 5.32 Å². The maximum Gasteiger partial charge on any atom is 0.271 e. The lowest BCUT2D eigenvalue weighted by atomic mass is 10.1. The van der Waals surface area contributed by atoms with Crippen LogP contribution in [0.2, 0.25) is 5.02 Å². The SMILES string of the molecule is CNC(=O)c1ccn(-c2ccc([C@H](C)O)cc2Cl)n1. The highest BCUT2D eigenvalue weighted by atomic mass is 35.5. The zero-order chi connectivity index (χ0) is 14.0. The van der Waals surface area contributed by atoms with Gasteiger partial charge in [0, 0.05) is 13.2 Å². The van der Waals surface area contributed by atoms with E-state index in [1.165, 1.54) is 4.68 Å². The van der Waals surface area contributed by atoms with Crippen molar-refractivity contribution in [3.05, 3.63) is 46.7 Å². The molecule has 2 rings (SSSR count). The maximum absolute atomic E-state index is 11.4. The minimum Gasteiger partial charge on any atom is -0.389 e. The fourth-order valence-corrected chi connectivity index (χ4v) is 1.95. The summed E-state index contributed by atoms with van der Waals surface area (Å²) in [6.07, 6.45) is 1.08. The van der Waals surface area contributed by atoms with Crippen LogP contribution in [-0.2, 0) is 0 Å². The Morgan fingerprint density at radius 1 is 1.47 bits per heavy atom. The molecular formula is C13H14ClN3O2. The standard InChI is InChI=1S/C13H14ClN3O2/c1-8(18)9-3-4-12(10(14)7-9)17-6-5-11(16-17)13(19)15-2/h3-8,18H,1-2H3,(H,15,19)/t8-/m0/s1. The smallest absolute Gasteiger partial charge is 0.271 e. The lowest BCUT2D eigenvalue weighted by molar-refractivity contribution is 0.0957. The highest BCUT2D eigenvalue weighted by molar-refractivity contribution is 6.32. The van der Waals surface area contributed by atoms with Crippen molar-refractivity contribution >= 4 is 17.5 Å². The molecule has 1 amide bonds. The van der Waals surface area contributed by atoms with E-state index in [4.69, 9.17) is 11.6 Å². The predicted molar refractivity (Wildman–Crippen MR) is 72.6 cm³/mol. The Morgan fingerprint density at radius 2 is 2.21 bits per heavy atom. The first-order valence-electron chi connectivity index (χ1n) is 5.78. The molecule has 0 saturated heterocycles. The lowest BCUT2D eigenvalue weighted by Crippen LogP contribution is -2.18. The summed E-state index contributed by atoms with van der Waals surface area (Å²) in [5, 5.41) is 16.6. The molecule has 0 aliphatic carbocycles. The predicted octanol–water partition coefficient (Wildman–Crippen LogP) is 1.94. The Bertz CT molecular complexity index is 608. The molecule has 1 atom stereocenters. The molecule has 0 aliphatic rings. The molecule has 1 heterocycles. The van der Waals surface area contributed by atoms with E-state index in [0.717, 1.165) is 5.56 Å². The summed E-state index contributed by atoms with van der Waals surface area (Å²) in [6, 6.07) is 6.82. The Morgan fingerprint density at radius 3 is 2.79 bits per heavy atom. The first-order chi connectivity index (χ1) is 9.02. The molecule has 0 fully saturated rings. The maximum atomic E-state index is 11.4. The van der Waals surface area contributed by atoms with Crippen molar-refractivity contribution in [1.82, 2.24) is 15.1 Å². The summed E-state index contributed by atoms with van der Waals surface area (Å²) in [7, 11) is 1.55. The quantitative estimate of drug-likeness (QED) is 0.902. The number of aromatic nitrogens is 2. The highest BCUT2D eigenvalue weighted by Crippen LogP contribution is 2.24. The van der Waals surface area contributed by atoms with Crippen molar-refractivity contribution in [2.75, 3.05) is 7.05 Å². The molecule has 100 valence electrons. The number of carbonyl (C=O) groups excluding carboxylic acids is 1. The molecule has 0 radical (unpaired) electrons. The molecule has 6 heteroatoms. The van der Waals surface area contributed by atoms with Gasteiger partial charge in [0.05, 0.1) is 16.8 Å². The number of nitrogens with zero attached hydrogens (tertiary/aromatic N) is 2. The van der Waals surface area contributed by atoms with Gasteiger partial charge in [-0.25, -0.2) is 4.68 Å². The van der Waals surface area contributed by atoms with Crippen LogP contribution >= 0.6 is 11.6 Å². The van der Waals surface area contributed by atoms with Crippen LogP contribution in [0.3, 0.4) is 0 Å². The normalized spacial score (nSPS) is 12.2. The Balaban J connectivity index is 2.37. The van der Waals surface area contributed by atoms with E-state index in [0.29, 0.717) is 16.4 Å². The van der Waals surface area contributed by atoms with E-state index >= 15 is 0 Å². The summed E-state index contributed by atoms with van der Waals surface area (Å²) in [5.74, 6) is -0.254. The molecule has 2 aromatic rings. The zero-order valence-corrected chi connectivity index (χ0v) is 11.3. The molecule has 1 aromatic carbocycles. The number of rotatable bonds is 3. The average Bonchev–Trinajstić information content (AvgIpc) is 2.87. The summed E-state index contributed by atoms with van der Waals surface area (Å²) < 4.78 is 1.53. The Kier molecular flexibility index (Phi) is 3.87. The molecular weight excluding hydrogens is 266 g/mol. The number of hydrogen-bond acceptors (Lipinski definition) is 3. The zero-order valence-electron chi connectivity index (χ0n) is 10.6. The highest BCUT2D eigenvalue weighted by Gasteiger charge is 2.11. The topological polar surface area (TPSA) is 67.2 Å². The van der Waals surface area contributed by atoms with Crippen LogP contribution in [0, 0.1) is 0 Å². The Labute approximate surface area is 115 Å². The lowest BCUT2D eigenvalue weighted by Gasteiger charge is -2.09. The van der Waals surface area contributed by atoms with Crippen LogP contribution in [0.25, 0.3) is 5.69 Å². The number of aliphatic hydroxyl groups excluding tert-OH is 1. The fraction of sp³-hybridized carbons (Fsp3) is 0.231. The molecule has 1 aromatic heterocycles. The minimum atomic E-state index is -0.578. The van der Waals surface area contributed by atoms with Gasteiger partial charge in [-0.3, -0.25) is 4.79 Å².